The zero-order valence-electron chi connectivity index (χ0n) is 9.47. The molecule has 0 heterocycles. The van der Waals surface area contributed by atoms with Crippen molar-refractivity contribution in [2.24, 2.45) is 5.14 Å². The standard InChI is InChI=1S/C9H14N2O4S2/c1-3-16(12,13)11-8-5-4-7(2)9(6-8)17(10,14)15/h4-6,11H,3H2,1-2H3,(H2,10,14,15). The second-order valence-corrected chi connectivity index (χ2v) is 7.07. The van der Waals surface area contributed by atoms with Gasteiger partial charge in [0.15, 0.2) is 0 Å². The molecular weight excluding hydrogens is 264 g/mol. The van der Waals surface area contributed by atoms with Crippen LogP contribution in [0.25, 0.3) is 0 Å². The summed E-state index contributed by atoms with van der Waals surface area (Å²) in [5.74, 6) is -0.0917. The topological polar surface area (TPSA) is 106 Å². The fraction of sp³-hybridized carbons (Fsp3) is 0.333. The van der Waals surface area contributed by atoms with E-state index in [1.807, 2.05) is 0 Å². The molecule has 8 heteroatoms. The summed E-state index contributed by atoms with van der Waals surface area (Å²) in [4.78, 5) is -0.0891. The van der Waals surface area contributed by atoms with Crippen molar-refractivity contribution in [3.8, 4) is 0 Å². The zero-order valence-corrected chi connectivity index (χ0v) is 11.1. The largest absolute Gasteiger partial charge is 0.284 e. The fourth-order valence-corrected chi connectivity index (χ4v) is 2.66. The first-order valence-electron chi connectivity index (χ1n) is 4.79. The molecule has 3 N–H and O–H groups in total. The Morgan fingerprint density at radius 3 is 2.29 bits per heavy atom. The highest BCUT2D eigenvalue weighted by atomic mass is 32.2. The van der Waals surface area contributed by atoms with Gasteiger partial charge in [-0.3, -0.25) is 4.72 Å². The minimum Gasteiger partial charge on any atom is -0.284 e. The highest BCUT2D eigenvalue weighted by Crippen LogP contribution is 2.19. The summed E-state index contributed by atoms with van der Waals surface area (Å²) in [5.41, 5.74) is 0.647. The van der Waals surface area contributed by atoms with E-state index >= 15 is 0 Å². The third kappa shape index (κ3) is 3.69. The van der Waals surface area contributed by atoms with Gasteiger partial charge in [-0.05, 0) is 31.5 Å². The van der Waals surface area contributed by atoms with E-state index in [0.717, 1.165) is 0 Å². The number of nitrogens with one attached hydrogen (secondary N) is 1. The van der Waals surface area contributed by atoms with Crippen LogP contribution in [0.2, 0.25) is 0 Å². The van der Waals surface area contributed by atoms with Crippen LogP contribution in [-0.2, 0) is 20.0 Å². The first-order chi connectivity index (χ1) is 7.65. The molecule has 1 aromatic rings. The van der Waals surface area contributed by atoms with Crippen LogP contribution in [0.3, 0.4) is 0 Å². The highest BCUT2D eigenvalue weighted by Gasteiger charge is 2.14. The first kappa shape index (κ1) is 13.9. The van der Waals surface area contributed by atoms with Crippen LogP contribution in [0.5, 0.6) is 0 Å². The summed E-state index contributed by atoms with van der Waals surface area (Å²) < 4.78 is 47.4. The van der Waals surface area contributed by atoms with Gasteiger partial charge >= 0.3 is 0 Å². The molecule has 0 bridgehead atoms. The van der Waals surface area contributed by atoms with E-state index in [1.165, 1.54) is 25.1 Å². The van der Waals surface area contributed by atoms with Crippen LogP contribution < -0.4 is 9.86 Å². The molecule has 0 aliphatic heterocycles. The van der Waals surface area contributed by atoms with Crippen LogP contribution in [0.1, 0.15) is 12.5 Å². The van der Waals surface area contributed by atoms with Gasteiger partial charge in [0.2, 0.25) is 20.0 Å². The Labute approximate surface area is 101 Å². The molecule has 0 saturated carbocycles. The maximum Gasteiger partial charge on any atom is 0.238 e. The Kier molecular flexibility index (Phi) is 3.80. The van der Waals surface area contributed by atoms with E-state index in [1.54, 1.807) is 6.92 Å². The summed E-state index contributed by atoms with van der Waals surface area (Å²) in [5, 5.41) is 5.02. The van der Waals surface area contributed by atoms with Gasteiger partial charge in [0, 0.05) is 5.69 Å². The average Bonchev–Trinajstić information content (AvgIpc) is 2.19. The van der Waals surface area contributed by atoms with Crippen molar-refractivity contribution < 1.29 is 16.8 Å². The van der Waals surface area contributed by atoms with Gasteiger partial charge in [-0.15, -0.1) is 0 Å². The Hall–Kier alpha value is -1.12. The molecule has 0 atom stereocenters. The Morgan fingerprint density at radius 2 is 1.82 bits per heavy atom. The second kappa shape index (κ2) is 4.63. The van der Waals surface area contributed by atoms with Crippen molar-refractivity contribution in [1.29, 1.82) is 0 Å². The molecular formula is C9H14N2O4S2. The lowest BCUT2D eigenvalue weighted by Crippen LogP contribution is -2.17. The molecule has 0 saturated heterocycles. The molecule has 17 heavy (non-hydrogen) atoms. The number of rotatable bonds is 4. The number of hydrogen-bond donors (Lipinski definition) is 2. The van der Waals surface area contributed by atoms with Crippen molar-refractivity contribution in [2.45, 2.75) is 18.7 Å². The second-order valence-electron chi connectivity index (χ2n) is 3.53. The van der Waals surface area contributed by atoms with Gasteiger partial charge in [-0.2, -0.15) is 0 Å². The molecule has 0 aromatic heterocycles. The predicted octanol–water partition coefficient (Wildman–Crippen LogP) is 0.404. The van der Waals surface area contributed by atoms with Crippen LogP contribution in [0.15, 0.2) is 23.1 Å². The van der Waals surface area contributed by atoms with Crippen molar-refractivity contribution in [1.82, 2.24) is 0 Å². The van der Waals surface area contributed by atoms with Gasteiger partial charge in [0.05, 0.1) is 10.6 Å². The number of anilines is 1. The van der Waals surface area contributed by atoms with E-state index in [2.05, 4.69) is 4.72 Å². The Balaban J connectivity index is 3.24. The van der Waals surface area contributed by atoms with Crippen LogP contribution >= 0.6 is 0 Å². The molecule has 96 valence electrons. The Bertz CT molecular complexity index is 620. The fourth-order valence-electron chi connectivity index (χ4n) is 1.22. The van der Waals surface area contributed by atoms with Crippen molar-refractivity contribution in [2.75, 3.05) is 10.5 Å². The summed E-state index contributed by atoms with van der Waals surface area (Å²) in [7, 11) is -7.29. The molecule has 0 spiro atoms. The number of nitrogens with two attached hydrogens (primary N) is 1. The first-order valence-corrected chi connectivity index (χ1v) is 7.99. The zero-order chi connectivity index (χ0) is 13.3. The quantitative estimate of drug-likeness (QED) is 0.831. The maximum absolute atomic E-state index is 11.3. The number of hydrogen-bond acceptors (Lipinski definition) is 4. The normalized spacial score (nSPS) is 12.4. The molecule has 0 unspecified atom stereocenters. The Morgan fingerprint density at radius 1 is 1.24 bits per heavy atom. The molecule has 6 nitrogen and oxygen atoms in total. The van der Waals surface area contributed by atoms with Crippen LogP contribution in [0, 0.1) is 6.92 Å². The molecule has 0 aliphatic carbocycles. The van der Waals surface area contributed by atoms with Gasteiger partial charge < -0.3 is 0 Å². The maximum atomic E-state index is 11.3. The van der Waals surface area contributed by atoms with E-state index in [-0.39, 0.29) is 16.3 Å². The minimum atomic E-state index is -3.85. The van der Waals surface area contributed by atoms with Gasteiger partial charge in [0.1, 0.15) is 0 Å². The SMILES string of the molecule is CCS(=O)(=O)Nc1ccc(C)c(S(N)(=O)=O)c1. The average molecular weight is 278 g/mol. The van der Waals surface area contributed by atoms with E-state index < -0.39 is 20.0 Å². The predicted molar refractivity (Wildman–Crippen MR) is 65.6 cm³/mol. The molecule has 0 amide bonds. The van der Waals surface area contributed by atoms with E-state index in [4.69, 9.17) is 5.14 Å². The number of sulfonamides is 2. The van der Waals surface area contributed by atoms with E-state index in [9.17, 15) is 16.8 Å². The van der Waals surface area contributed by atoms with Gasteiger partial charge in [-0.1, -0.05) is 6.07 Å². The smallest absolute Gasteiger partial charge is 0.238 e. The van der Waals surface area contributed by atoms with Crippen molar-refractivity contribution in [3.05, 3.63) is 23.8 Å². The van der Waals surface area contributed by atoms with Crippen molar-refractivity contribution >= 4 is 25.7 Å². The lowest BCUT2D eigenvalue weighted by atomic mass is 10.2. The summed E-state index contributed by atoms with van der Waals surface area (Å²) in [6, 6.07) is 4.18. The lowest BCUT2D eigenvalue weighted by molar-refractivity contribution is 0.596. The third-order valence-corrected chi connectivity index (χ3v) is 4.51. The third-order valence-electron chi connectivity index (χ3n) is 2.15. The lowest BCUT2D eigenvalue weighted by Gasteiger charge is -2.09. The minimum absolute atomic E-state index is 0.0891. The summed E-state index contributed by atoms with van der Waals surface area (Å²) in [6.07, 6.45) is 0. The van der Waals surface area contributed by atoms with Crippen LogP contribution in [0.4, 0.5) is 5.69 Å². The van der Waals surface area contributed by atoms with Gasteiger partial charge in [0.25, 0.3) is 0 Å². The molecule has 0 aliphatic rings. The van der Waals surface area contributed by atoms with E-state index in [0.29, 0.717) is 5.56 Å². The molecule has 0 radical (unpaired) electrons. The molecule has 0 fully saturated rings. The summed E-state index contributed by atoms with van der Waals surface area (Å²) in [6.45, 7) is 3.06. The molecule has 1 aromatic carbocycles. The summed E-state index contributed by atoms with van der Waals surface area (Å²) >= 11 is 0. The van der Waals surface area contributed by atoms with Gasteiger partial charge in [-0.25, -0.2) is 22.0 Å². The van der Waals surface area contributed by atoms with Crippen LogP contribution in [-0.4, -0.2) is 22.6 Å². The monoisotopic (exact) mass is 278 g/mol. The number of benzene rings is 1. The molecule has 1 rings (SSSR count). The number of aryl methyl sites for hydroxylation is 1. The number of primary sulfonamides is 1. The highest BCUT2D eigenvalue weighted by molar-refractivity contribution is 7.92. The van der Waals surface area contributed by atoms with Crippen molar-refractivity contribution in [3.63, 3.8) is 0 Å².